The van der Waals surface area contributed by atoms with Crippen LogP contribution in [0.1, 0.15) is 27.8 Å². The van der Waals surface area contributed by atoms with E-state index < -0.39 is 17.2 Å². The van der Waals surface area contributed by atoms with Gasteiger partial charge in [-0.1, -0.05) is 6.07 Å². The first-order valence-electron chi connectivity index (χ1n) is 13.2. The number of hydrogen-bond donors (Lipinski definition) is 3. The van der Waals surface area contributed by atoms with Crippen LogP contribution in [0.15, 0.2) is 36.4 Å². The molecule has 4 aliphatic rings. The van der Waals surface area contributed by atoms with Crippen molar-refractivity contribution < 1.29 is 26.8 Å². The first kappa shape index (κ1) is 25.2. The van der Waals surface area contributed by atoms with E-state index in [1.54, 1.807) is 19.9 Å². The molecule has 1 unspecified atom stereocenters. The molecule has 0 aromatic heterocycles. The van der Waals surface area contributed by atoms with E-state index in [2.05, 4.69) is 32.8 Å². The van der Waals surface area contributed by atoms with Gasteiger partial charge in [-0.15, -0.1) is 0 Å². The van der Waals surface area contributed by atoms with Crippen molar-refractivity contribution in [3.05, 3.63) is 47.5 Å². The molecule has 0 radical (unpaired) electrons. The molecule has 2 saturated heterocycles. The van der Waals surface area contributed by atoms with Gasteiger partial charge in [-0.2, -0.15) is 0 Å². The minimum atomic E-state index is -1.12. The predicted molar refractivity (Wildman–Crippen MR) is 149 cm³/mol. The number of likely N-dealkylation sites (N-methyl/N-ethyl adjacent to an activating group) is 1. The number of imide groups is 1. The third-order valence-electron chi connectivity index (χ3n) is 8.02. The van der Waals surface area contributed by atoms with Crippen LogP contribution in [0.4, 0.5) is 21.9 Å². The molecule has 208 valence electrons. The highest BCUT2D eigenvalue weighted by Gasteiger charge is 2.50. The predicted octanol–water partition coefficient (Wildman–Crippen LogP) is 1.75. The molecule has 3 N–H and O–H groups in total. The number of hydrogen-bond acceptors (Lipinski definition) is 7. The molecule has 11 nitrogen and oxygen atoms in total. The third kappa shape index (κ3) is 4.46. The minimum absolute atomic E-state index is 0. The Bertz CT molecular complexity index is 1410. The molecule has 0 saturated carbocycles. The summed E-state index contributed by atoms with van der Waals surface area (Å²) >= 11 is 0. The zero-order chi connectivity index (χ0) is 27.5. The maximum absolute atomic E-state index is 13.3. The Kier molecular flexibility index (Phi) is 5.79. The zero-order valence-corrected chi connectivity index (χ0v) is 22.3. The fourth-order valence-electron chi connectivity index (χ4n) is 5.85. The lowest BCUT2D eigenvalue weighted by molar-refractivity contribution is -0.133. The second-order valence-corrected chi connectivity index (χ2v) is 11.3. The summed E-state index contributed by atoms with van der Waals surface area (Å²) in [7, 11) is 2.11. The third-order valence-corrected chi connectivity index (χ3v) is 8.02. The lowest BCUT2D eigenvalue weighted by Crippen LogP contribution is -2.54. The van der Waals surface area contributed by atoms with Gasteiger partial charge in [0, 0.05) is 59.3 Å². The number of rotatable bonds is 4. The van der Waals surface area contributed by atoms with Gasteiger partial charge in [0.2, 0.25) is 5.91 Å². The molecular weight excluding hydrogens is 500 g/mol. The average molecular weight is 537 g/mol. The van der Waals surface area contributed by atoms with Gasteiger partial charge in [0.05, 0.1) is 5.69 Å². The Morgan fingerprint density at radius 2 is 1.77 bits per heavy atom. The van der Waals surface area contributed by atoms with E-state index in [0.717, 1.165) is 43.0 Å². The van der Waals surface area contributed by atoms with Crippen molar-refractivity contribution in [1.82, 2.24) is 15.5 Å². The molecule has 3 aliphatic heterocycles. The van der Waals surface area contributed by atoms with Crippen LogP contribution in [-0.2, 0) is 27.2 Å². The molecule has 11 heteroatoms. The molecule has 2 fully saturated rings. The maximum atomic E-state index is 13.3. The van der Waals surface area contributed by atoms with E-state index in [0.29, 0.717) is 30.0 Å². The number of ether oxygens (including phenoxy) is 1. The van der Waals surface area contributed by atoms with Gasteiger partial charge < -0.3 is 25.2 Å². The summed E-state index contributed by atoms with van der Waals surface area (Å²) in [5.74, 6) is -0.410. The Labute approximate surface area is 229 Å². The fourth-order valence-corrected chi connectivity index (χ4v) is 5.85. The number of anilines is 3. The molecule has 2 aromatic rings. The number of urea groups is 1. The van der Waals surface area contributed by atoms with Crippen LogP contribution >= 0.6 is 0 Å². The highest BCUT2D eigenvalue weighted by molar-refractivity contribution is 6.09. The molecule has 1 atom stereocenters. The Balaban J connectivity index is 0.00000194. The van der Waals surface area contributed by atoms with Crippen LogP contribution in [0.25, 0.3) is 0 Å². The van der Waals surface area contributed by atoms with Gasteiger partial charge in [-0.05, 0) is 56.3 Å². The average Bonchev–Trinajstić information content (AvgIpc) is 3.38. The standard InChI is InChI=1S/C28H32N6O5.2H2/c1-27(2)25(37)34(21-7-6-20(13-22(21)39-27)33-10-8-32(3)9-11-33)16-23(35)29-19-5-4-17-14-28(15-18(17)12-19)24(36)30-26(38)31-28;;/h4-7,12-13H,8-11,14-16H2,1-3H3,(H,29,35)(H2,30,31,36,38);2*1H. The molecule has 6 rings (SSSR count). The van der Waals surface area contributed by atoms with Crippen LogP contribution in [0, 0.1) is 0 Å². The SMILES string of the molecule is CN1CCN(c2ccc3c(c2)OC(C)(C)C(=O)N3CC(=O)Nc2ccc3c(c2)CC2(C3)NC(=O)NC2=O)CC1.[HH].[HH]. The van der Waals surface area contributed by atoms with Gasteiger partial charge in [0.1, 0.15) is 17.8 Å². The summed E-state index contributed by atoms with van der Waals surface area (Å²) in [6, 6.07) is 10.7. The quantitative estimate of drug-likeness (QED) is 0.509. The second-order valence-electron chi connectivity index (χ2n) is 11.3. The second kappa shape index (κ2) is 8.98. The molecule has 1 aliphatic carbocycles. The monoisotopic (exact) mass is 536 g/mol. The summed E-state index contributed by atoms with van der Waals surface area (Å²) in [4.78, 5) is 56.6. The van der Waals surface area contributed by atoms with E-state index in [4.69, 9.17) is 4.74 Å². The number of carbonyl (C=O) groups excluding carboxylic acids is 4. The van der Waals surface area contributed by atoms with E-state index in [9.17, 15) is 19.2 Å². The van der Waals surface area contributed by atoms with E-state index in [1.807, 2.05) is 30.3 Å². The van der Waals surface area contributed by atoms with Crippen LogP contribution in [-0.4, -0.2) is 79.6 Å². The summed E-state index contributed by atoms with van der Waals surface area (Å²) in [5, 5.41) is 7.94. The molecule has 5 amide bonds. The summed E-state index contributed by atoms with van der Waals surface area (Å²) in [6.07, 6.45) is 0.751. The number of nitrogens with zero attached hydrogens (tertiary/aromatic N) is 3. The summed E-state index contributed by atoms with van der Waals surface area (Å²) < 4.78 is 6.10. The molecular formula is C28H36N6O5. The summed E-state index contributed by atoms with van der Waals surface area (Å²) in [5.41, 5.74) is 1.88. The van der Waals surface area contributed by atoms with Crippen molar-refractivity contribution in [1.29, 1.82) is 0 Å². The lowest BCUT2D eigenvalue weighted by Gasteiger charge is -2.39. The van der Waals surface area contributed by atoms with Crippen molar-refractivity contribution in [2.24, 2.45) is 0 Å². The van der Waals surface area contributed by atoms with Gasteiger partial charge in [-0.25, -0.2) is 4.79 Å². The Hall–Kier alpha value is -4.12. The Morgan fingerprint density at radius 3 is 2.49 bits per heavy atom. The molecule has 0 bridgehead atoms. The van der Waals surface area contributed by atoms with E-state index in [1.165, 1.54) is 4.90 Å². The van der Waals surface area contributed by atoms with Crippen LogP contribution in [0.2, 0.25) is 0 Å². The minimum Gasteiger partial charge on any atom is -0.476 e. The van der Waals surface area contributed by atoms with Crippen molar-refractivity contribution in [2.45, 2.75) is 37.8 Å². The largest absolute Gasteiger partial charge is 0.476 e. The first-order valence-corrected chi connectivity index (χ1v) is 13.2. The lowest BCUT2D eigenvalue weighted by atomic mass is 9.96. The van der Waals surface area contributed by atoms with Gasteiger partial charge in [0.25, 0.3) is 11.8 Å². The zero-order valence-electron chi connectivity index (χ0n) is 22.3. The molecule has 1 spiro atoms. The number of amides is 5. The highest BCUT2D eigenvalue weighted by atomic mass is 16.5. The molecule has 3 heterocycles. The van der Waals surface area contributed by atoms with Crippen LogP contribution in [0.5, 0.6) is 5.75 Å². The first-order chi connectivity index (χ1) is 18.5. The number of nitrogens with one attached hydrogen (secondary N) is 3. The van der Waals surface area contributed by atoms with Crippen molar-refractivity contribution in [3.8, 4) is 5.75 Å². The van der Waals surface area contributed by atoms with Crippen LogP contribution < -0.4 is 30.5 Å². The molecule has 2 aromatic carbocycles. The number of carbonyl (C=O) groups is 4. The topological polar surface area (TPSA) is 123 Å². The van der Waals surface area contributed by atoms with Crippen molar-refractivity contribution in [2.75, 3.05) is 54.9 Å². The van der Waals surface area contributed by atoms with E-state index >= 15 is 0 Å². The van der Waals surface area contributed by atoms with Gasteiger partial charge >= 0.3 is 6.03 Å². The van der Waals surface area contributed by atoms with Crippen molar-refractivity contribution in [3.63, 3.8) is 0 Å². The number of piperazine rings is 1. The fraction of sp³-hybridized carbons (Fsp3) is 0.429. The van der Waals surface area contributed by atoms with Gasteiger partial charge in [-0.3, -0.25) is 24.6 Å². The van der Waals surface area contributed by atoms with Gasteiger partial charge in [0.15, 0.2) is 5.60 Å². The highest BCUT2D eigenvalue weighted by Crippen LogP contribution is 2.40. The normalized spacial score (nSPS) is 23.7. The maximum Gasteiger partial charge on any atom is 0.322 e. The Morgan fingerprint density at radius 1 is 1.03 bits per heavy atom. The smallest absolute Gasteiger partial charge is 0.322 e. The van der Waals surface area contributed by atoms with Crippen LogP contribution in [0.3, 0.4) is 0 Å². The summed E-state index contributed by atoms with van der Waals surface area (Å²) in [6.45, 7) is 7.00. The van der Waals surface area contributed by atoms with Crippen molar-refractivity contribution >= 4 is 40.8 Å². The number of fused-ring (bicyclic) bond motifs is 2. The number of benzene rings is 2. The molecule has 39 heavy (non-hydrogen) atoms. The van der Waals surface area contributed by atoms with E-state index in [-0.39, 0.29) is 27.1 Å².